The van der Waals surface area contributed by atoms with E-state index in [1.807, 2.05) is 31.2 Å². The maximum atomic E-state index is 13.2. The van der Waals surface area contributed by atoms with Crippen molar-refractivity contribution in [3.05, 3.63) is 52.7 Å². The van der Waals surface area contributed by atoms with Crippen molar-refractivity contribution in [3.63, 3.8) is 0 Å². The van der Waals surface area contributed by atoms with E-state index >= 15 is 0 Å². The minimum Gasteiger partial charge on any atom is -0.497 e. The highest BCUT2D eigenvalue weighted by Gasteiger charge is 2.30. The van der Waals surface area contributed by atoms with Gasteiger partial charge in [-0.25, -0.2) is 13.5 Å². The number of aromatic amines is 1. The second kappa shape index (κ2) is 7.53. The molecule has 0 amide bonds. The first-order chi connectivity index (χ1) is 13.9. The van der Waals surface area contributed by atoms with Crippen molar-refractivity contribution in [3.8, 4) is 5.75 Å². The highest BCUT2D eigenvalue weighted by atomic mass is 32.2. The summed E-state index contributed by atoms with van der Waals surface area (Å²) in [6.07, 6.45) is 2.06. The van der Waals surface area contributed by atoms with Gasteiger partial charge in [0.1, 0.15) is 22.0 Å². The lowest BCUT2D eigenvalue weighted by Crippen LogP contribution is -2.48. The van der Waals surface area contributed by atoms with Crippen molar-refractivity contribution >= 4 is 21.2 Å². The predicted molar refractivity (Wildman–Crippen MR) is 109 cm³/mol. The Kier molecular flexibility index (Phi) is 5.05. The smallest absolute Gasteiger partial charge is 0.288 e. The Hall–Kier alpha value is -2.85. The van der Waals surface area contributed by atoms with E-state index in [0.717, 1.165) is 11.4 Å². The summed E-state index contributed by atoms with van der Waals surface area (Å²) < 4.78 is 34.6. The fourth-order valence-electron chi connectivity index (χ4n) is 3.59. The standard InChI is InChI=1S/C19H23N5O4S/c1-3-18-20-21-19(25)17-12-16(13-24(17)18)29(26,27)23-9-7-22(8-10-23)14-5-4-6-15(11-14)28-2/h4-6,11-13H,3,7-10H2,1-2H3,(H,21,25). The quantitative estimate of drug-likeness (QED) is 0.667. The van der Waals surface area contributed by atoms with Crippen molar-refractivity contribution < 1.29 is 13.2 Å². The number of aryl methyl sites for hydroxylation is 1. The number of nitrogens with one attached hydrogen (secondary N) is 1. The number of H-pyrrole nitrogens is 1. The fourth-order valence-corrected chi connectivity index (χ4v) is 5.03. The monoisotopic (exact) mass is 417 g/mol. The van der Waals surface area contributed by atoms with Gasteiger partial charge in [-0.15, -0.1) is 0 Å². The van der Waals surface area contributed by atoms with Gasteiger partial charge in [0.25, 0.3) is 5.56 Å². The van der Waals surface area contributed by atoms with Crippen molar-refractivity contribution in [2.24, 2.45) is 0 Å². The number of hydrogen-bond acceptors (Lipinski definition) is 6. The summed E-state index contributed by atoms with van der Waals surface area (Å²) >= 11 is 0. The van der Waals surface area contributed by atoms with Gasteiger partial charge in [0.2, 0.25) is 10.0 Å². The Bertz CT molecular complexity index is 1190. The van der Waals surface area contributed by atoms with Crippen LogP contribution in [0.1, 0.15) is 12.7 Å². The van der Waals surface area contributed by atoms with Crippen LogP contribution in [0.4, 0.5) is 5.69 Å². The average Bonchev–Trinajstić information content (AvgIpc) is 3.22. The SMILES string of the molecule is CCc1n[nH]c(=O)c2cc(S(=O)(=O)N3CCN(c4cccc(OC)c4)CC3)cn12. The predicted octanol–water partition coefficient (Wildman–Crippen LogP) is 1.10. The van der Waals surface area contributed by atoms with E-state index in [4.69, 9.17) is 4.74 Å². The van der Waals surface area contributed by atoms with E-state index < -0.39 is 15.6 Å². The molecule has 1 aliphatic rings. The highest BCUT2D eigenvalue weighted by Crippen LogP contribution is 2.25. The lowest BCUT2D eigenvalue weighted by molar-refractivity contribution is 0.384. The minimum absolute atomic E-state index is 0.112. The number of hydrogen-bond donors (Lipinski definition) is 1. The summed E-state index contributed by atoms with van der Waals surface area (Å²) in [5, 5.41) is 6.41. The number of methoxy groups -OCH3 is 1. The zero-order chi connectivity index (χ0) is 20.6. The van der Waals surface area contributed by atoms with Crippen LogP contribution in [0.2, 0.25) is 0 Å². The lowest BCUT2D eigenvalue weighted by Gasteiger charge is -2.35. The maximum absolute atomic E-state index is 13.2. The summed E-state index contributed by atoms with van der Waals surface area (Å²) in [4.78, 5) is 14.3. The first kappa shape index (κ1) is 19.5. The zero-order valence-electron chi connectivity index (χ0n) is 16.3. The van der Waals surface area contributed by atoms with Gasteiger partial charge in [-0.05, 0) is 18.2 Å². The van der Waals surface area contributed by atoms with Gasteiger partial charge in [0, 0.05) is 50.6 Å². The van der Waals surface area contributed by atoms with E-state index in [0.29, 0.717) is 38.4 Å². The van der Waals surface area contributed by atoms with Crippen LogP contribution >= 0.6 is 0 Å². The molecule has 2 aromatic heterocycles. The largest absolute Gasteiger partial charge is 0.497 e. The molecule has 1 N–H and O–H groups in total. The number of benzene rings is 1. The molecule has 154 valence electrons. The van der Waals surface area contributed by atoms with Gasteiger partial charge in [0.05, 0.1) is 7.11 Å². The zero-order valence-corrected chi connectivity index (χ0v) is 17.1. The van der Waals surface area contributed by atoms with Gasteiger partial charge in [-0.1, -0.05) is 13.0 Å². The maximum Gasteiger partial charge on any atom is 0.288 e. The molecule has 3 aromatic rings. The molecule has 3 heterocycles. The van der Waals surface area contributed by atoms with Crippen molar-refractivity contribution in [2.45, 2.75) is 18.2 Å². The van der Waals surface area contributed by atoms with Crippen LogP contribution < -0.4 is 15.2 Å². The number of rotatable bonds is 5. The molecule has 4 rings (SSSR count). The molecule has 1 aromatic carbocycles. The Balaban J connectivity index is 1.57. The van der Waals surface area contributed by atoms with Crippen molar-refractivity contribution in [1.29, 1.82) is 0 Å². The first-order valence-electron chi connectivity index (χ1n) is 9.43. The second-order valence-corrected chi connectivity index (χ2v) is 8.78. The summed E-state index contributed by atoms with van der Waals surface area (Å²) in [7, 11) is -2.08. The van der Waals surface area contributed by atoms with E-state index in [1.54, 1.807) is 11.5 Å². The number of ether oxygens (including phenoxy) is 1. The molecule has 1 fully saturated rings. The number of anilines is 1. The first-order valence-corrected chi connectivity index (χ1v) is 10.9. The minimum atomic E-state index is -3.70. The third-order valence-electron chi connectivity index (χ3n) is 5.20. The Morgan fingerprint density at radius 3 is 2.62 bits per heavy atom. The van der Waals surface area contributed by atoms with E-state index in [-0.39, 0.29) is 10.4 Å². The molecule has 0 bridgehead atoms. The molecule has 0 spiro atoms. The lowest BCUT2D eigenvalue weighted by atomic mass is 10.2. The molecule has 0 aliphatic carbocycles. The highest BCUT2D eigenvalue weighted by molar-refractivity contribution is 7.89. The van der Waals surface area contributed by atoms with Crippen LogP contribution in [0.5, 0.6) is 5.75 Å². The number of nitrogens with zero attached hydrogens (tertiary/aromatic N) is 4. The van der Waals surface area contributed by atoms with Crippen molar-refractivity contribution in [1.82, 2.24) is 18.9 Å². The fraction of sp³-hybridized carbons (Fsp3) is 0.368. The van der Waals surface area contributed by atoms with Crippen molar-refractivity contribution in [2.75, 3.05) is 38.2 Å². The van der Waals surface area contributed by atoms with Gasteiger partial charge >= 0.3 is 0 Å². The number of sulfonamides is 1. The van der Waals surface area contributed by atoms with E-state index in [1.165, 1.54) is 16.6 Å². The molecular formula is C19H23N5O4S. The molecule has 0 unspecified atom stereocenters. The topological polar surface area (TPSA) is 100 Å². The van der Waals surface area contributed by atoms with Gasteiger partial charge in [0.15, 0.2) is 0 Å². The van der Waals surface area contributed by atoms with Gasteiger partial charge < -0.3 is 9.64 Å². The third-order valence-corrected chi connectivity index (χ3v) is 7.07. The molecule has 1 saturated heterocycles. The van der Waals surface area contributed by atoms with Crippen LogP contribution in [0.25, 0.3) is 5.52 Å². The molecule has 0 saturated carbocycles. The van der Waals surface area contributed by atoms with Crippen LogP contribution in [0.3, 0.4) is 0 Å². The van der Waals surface area contributed by atoms with Crippen LogP contribution in [0.15, 0.2) is 46.2 Å². The van der Waals surface area contributed by atoms with Crippen LogP contribution in [0, 0.1) is 0 Å². The molecule has 1 aliphatic heterocycles. The molecule has 9 nitrogen and oxygen atoms in total. The summed E-state index contributed by atoms with van der Waals surface area (Å²) in [5.74, 6) is 1.37. The molecule has 29 heavy (non-hydrogen) atoms. The van der Waals surface area contributed by atoms with Crippen LogP contribution in [-0.2, 0) is 16.4 Å². The van der Waals surface area contributed by atoms with Gasteiger partial charge in [-0.2, -0.15) is 9.40 Å². The normalized spacial score (nSPS) is 15.7. The number of fused-ring (bicyclic) bond motifs is 1. The molecule has 10 heteroatoms. The van der Waals surface area contributed by atoms with E-state index in [2.05, 4.69) is 15.1 Å². The summed E-state index contributed by atoms with van der Waals surface area (Å²) in [6.45, 7) is 3.76. The molecule has 0 atom stereocenters. The number of aromatic nitrogens is 3. The van der Waals surface area contributed by atoms with E-state index in [9.17, 15) is 13.2 Å². The second-order valence-electron chi connectivity index (χ2n) is 6.85. The average molecular weight is 417 g/mol. The Labute approximate surface area is 168 Å². The Morgan fingerprint density at radius 2 is 1.93 bits per heavy atom. The summed E-state index contributed by atoms with van der Waals surface area (Å²) in [5.41, 5.74) is 0.873. The Morgan fingerprint density at radius 1 is 1.17 bits per heavy atom. The molecule has 0 radical (unpaired) electrons. The van der Waals surface area contributed by atoms with Gasteiger partial charge in [-0.3, -0.25) is 9.20 Å². The number of piperazine rings is 1. The van der Waals surface area contributed by atoms with Crippen LogP contribution in [-0.4, -0.2) is 60.6 Å². The molecular weight excluding hydrogens is 394 g/mol. The third kappa shape index (κ3) is 3.49. The summed E-state index contributed by atoms with van der Waals surface area (Å²) in [6, 6.07) is 9.14.